The molecular weight excluding hydrogens is 296 g/mol. The third-order valence-corrected chi connectivity index (χ3v) is 4.57. The summed E-state index contributed by atoms with van der Waals surface area (Å²) in [6, 6.07) is 1.63. The molecule has 0 atom stereocenters. The van der Waals surface area contributed by atoms with E-state index in [1.165, 1.54) is 7.11 Å². The molecule has 3 rings (SSSR count). The van der Waals surface area contributed by atoms with Gasteiger partial charge in [-0.3, -0.25) is 4.79 Å². The second-order valence-corrected chi connectivity index (χ2v) is 5.79. The summed E-state index contributed by atoms with van der Waals surface area (Å²) in [5.41, 5.74) is -0.488. The predicted molar refractivity (Wildman–Crippen MR) is 76.8 cm³/mol. The summed E-state index contributed by atoms with van der Waals surface area (Å²) in [6.07, 6.45) is 2.82. The molecule has 0 spiro atoms. The highest BCUT2D eigenvalue weighted by molar-refractivity contribution is 6.32. The van der Waals surface area contributed by atoms with E-state index >= 15 is 0 Å². The predicted octanol–water partition coefficient (Wildman–Crippen LogP) is 3.02. The van der Waals surface area contributed by atoms with Crippen molar-refractivity contribution in [3.8, 4) is 17.2 Å². The molecule has 0 saturated heterocycles. The van der Waals surface area contributed by atoms with Gasteiger partial charge >= 0.3 is 5.97 Å². The largest absolute Gasteiger partial charge is 0.495 e. The Morgan fingerprint density at radius 2 is 2.00 bits per heavy atom. The van der Waals surface area contributed by atoms with Crippen LogP contribution in [0, 0.1) is 0 Å². The Hall–Kier alpha value is -1.62. The highest BCUT2D eigenvalue weighted by Gasteiger charge is 2.48. The molecule has 1 N–H and O–H groups in total. The van der Waals surface area contributed by atoms with Crippen LogP contribution in [-0.2, 0) is 10.2 Å². The number of hydrogen-bond donors (Lipinski definition) is 1. The topological polar surface area (TPSA) is 65.0 Å². The maximum absolute atomic E-state index is 12.0. The molecule has 0 aromatic heterocycles. The van der Waals surface area contributed by atoms with Crippen molar-refractivity contribution in [2.75, 3.05) is 20.3 Å². The van der Waals surface area contributed by atoms with Crippen LogP contribution >= 0.6 is 11.6 Å². The molecule has 1 aliphatic heterocycles. The fraction of sp³-hybridized carbons (Fsp3) is 0.533. The molecule has 6 heteroatoms. The van der Waals surface area contributed by atoms with Gasteiger partial charge in [-0.1, -0.05) is 24.4 Å². The number of carboxylic acid groups (broad SMARTS) is 1. The van der Waals surface area contributed by atoms with Crippen molar-refractivity contribution in [1.29, 1.82) is 0 Å². The van der Waals surface area contributed by atoms with Crippen LogP contribution in [0.4, 0.5) is 0 Å². The van der Waals surface area contributed by atoms with E-state index in [0.29, 0.717) is 53.9 Å². The molecule has 2 aliphatic rings. The molecule has 5 nitrogen and oxygen atoms in total. The Morgan fingerprint density at radius 1 is 1.33 bits per heavy atom. The number of rotatable bonds is 3. The number of aliphatic carboxylic acids is 1. The standard InChI is InChI=1S/C15H17ClO5/c1-19-12-9(16)8-10-13(21-7-6-20-10)11(12)15(14(17)18)4-2-3-5-15/h8H,2-7H2,1H3,(H,17,18). The van der Waals surface area contributed by atoms with Gasteiger partial charge in [0.2, 0.25) is 0 Å². The second-order valence-electron chi connectivity index (χ2n) is 5.39. The molecule has 0 unspecified atom stereocenters. The first-order valence-corrected chi connectivity index (χ1v) is 7.38. The number of benzene rings is 1. The summed E-state index contributed by atoms with van der Waals surface area (Å²) in [4.78, 5) is 12.0. The number of carboxylic acids is 1. The molecule has 1 heterocycles. The zero-order valence-electron chi connectivity index (χ0n) is 11.8. The van der Waals surface area contributed by atoms with Crippen molar-refractivity contribution >= 4 is 17.6 Å². The van der Waals surface area contributed by atoms with Gasteiger partial charge in [0, 0.05) is 6.07 Å². The molecule has 21 heavy (non-hydrogen) atoms. The first-order chi connectivity index (χ1) is 10.1. The minimum atomic E-state index is -1.01. The second kappa shape index (κ2) is 5.30. The van der Waals surface area contributed by atoms with Gasteiger partial charge < -0.3 is 19.3 Å². The Kier molecular flexibility index (Phi) is 3.61. The maximum atomic E-state index is 12.0. The lowest BCUT2D eigenvalue weighted by Crippen LogP contribution is -2.34. The molecule has 0 bridgehead atoms. The smallest absolute Gasteiger partial charge is 0.314 e. The van der Waals surface area contributed by atoms with E-state index < -0.39 is 11.4 Å². The van der Waals surface area contributed by atoms with Crippen LogP contribution in [0.5, 0.6) is 17.2 Å². The Labute approximate surface area is 127 Å². The van der Waals surface area contributed by atoms with Crippen molar-refractivity contribution < 1.29 is 24.1 Å². The van der Waals surface area contributed by atoms with Crippen LogP contribution in [0.1, 0.15) is 31.2 Å². The molecule has 1 aromatic carbocycles. The van der Waals surface area contributed by atoms with Crippen LogP contribution in [-0.4, -0.2) is 31.4 Å². The molecule has 1 saturated carbocycles. The van der Waals surface area contributed by atoms with Crippen molar-refractivity contribution in [3.05, 3.63) is 16.7 Å². The fourth-order valence-corrected chi connectivity index (χ4v) is 3.59. The van der Waals surface area contributed by atoms with Gasteiger partial charge in [0.15, 0.2) is 11.5 Å². The van der Waals surface area contributed by atoms with E-state index in [1.807, 2.05) is 0 Å². The lowest BCUT2D eigenvalue weighted by Gasteiger charge is -2.31. The molecule has 114 valence electrons. The minimum Gasteiger partial charge on any atom is -0.495 e. The van der Waals surface area contributed by atoms with Crippen LogP contribution in [0.25, 0.3) is 0 Å². The third-order valence-electron chi connectivity index (χ3n) is 4.29. The van der Waals surface area contributed by atoms with Gasteiger partial charge in [-0.25, -0.2) is 0 Å². The Bertz CT molecular complexity index is 578. The minimum absolute atomic E-state index is 0.351. The number of carbonyl (C=O) groups is 1. The molecule has 1 aliphatic carbocycles. The lowest BCUT2D eigenvalue weighted by atomic mass is 9.77. The van der Waals surface area contributed by atoms with Gasteiger partial charge in [-0.2, -0.15) is 0 Å². The number of methoxy groups -OCH3 is 1. The van der Waals surface area contributed by atoms with E-state index in [1.54, 1.807) is 6.07 Å². The molecule has 0 radical (unpaired) electrons. The zero-order chi connectivity index (χ0) is 15.0. The maximum Gasteiger partial charge on any atom is 0.314 e. The molecule has 0 amide bonds. The normalized spacial score (nSPS) is 19.3. The number of ether oxygens (including phenoxy) is 3. The first-order valence-electron chi connectivity index (χ1n) is 7.00. The number of fused-ring (bicyclic) bond motifs is 1. The summed E-state index contributed by atoms with van der Waals surface area (Å²) in [6.45, 7) is 0.815. The van der Waals surface area contributed by atoms with E-state index in [0.717, 1.165) is 12.8 Å². The van der Waals surface area contributed by atoms with Gasteiger partial charge in [-0.15, -0.1) is 0 Å². The fourth-order valence-electron chi connectivity index (χ4n) is 3.32. The van der Waals surface area contributed by atoms with Crippen molar-refractivity contribution in [3.63, 3.8) is 0 Å². The van der Waals surface area contributed by atoms with Gasteiger partial charge in [-0.05, 0) is 12.8 Å². The van der Waals surface area contributed by atoms with E-state index in [9.17, 15) is 9.90 Å². The Balaban J connectivity index is 2.28. The SMILES string of the molecule is COc1c(Cl)cc2c(c1C1(C(=O)O)CCCC1)OCCO2. The lowest BCUT2D eigenvalue weighted by molar-refractivity contribution is -0.143. The highest BCUT2D eigenvalue weighted by atomic mass is 35.5. The van der Waals surface area contributed by atoms with Crippen molar-refractivity contribution in [1.82, 2.24) is 0 Å². The average Bonchev–Trinajstić information content (AvgIpc) is 2.96. The van der Waals surface area contributed by atoms with Crippen LogP contribution in [0.3, 0.4) is 0 Å². The summed E-state index contributed by atoms with van der Waals surface area (Å²) in [7, 11) is 1.49. The van der Waals surface area contributed by atoms with Crippen LogP contribution in [0.2, 0.25) is 5.02 Å². The summed E-state index contributed by atoms with van der Waals surface area (Å²) in [5, 5.41) is 10.2. The van der Waals surface area contributed by atoms with Gasteiger partial charge in [0.25, 0.3) is 0 Å². The van der Waals surface area contributed by atoms with E-state index in [-0.39, 0.29) is 0 Å². The molecular formula is C15H17ClO5. The number of hydrogen-bond acceptors (Lipinski definition) is 4. The molecule has 1 fully saturated rings. The summed E-state index contributed by atoms with van der Waals surface area (Å²) in [5.74, 6) is 0.475. The van der Waals surface area contributed by atoms with E-state index in [4.69, 9.17) is 25.8 Å². The third kappa shape index (κ3) is 2.11. The summed E-state index contributed by atoms with van der Waals surface area (Å²) < 4.78 is 16.7. The quantitative estimate of drug-likeness (QED) is 0.929. The highest BCUT2D eigenvalue weighted by Crippen LogP contribution is 2.54. The van der Waals surface area contributed by atoms with E-state index in [2.05, 4.69) is 0 Å². The first kappa shape index (κ1) is 14.3. The van der Waals surface area contributed by atoms with Crippen molar-refractivity contribution in [2.24, 2.45) is 0 Å². The Morgan fingerprint density at radius 3 is 2.62 bits per heavy atom. The molecule has 1 aromatic rings. The van der Waals surface area contributed by atoms with Gasteiger partial charge in [0.1, 0.15) is 24.4 Å². The van der Waals surface area contributed by atoms with Gasteiger partial charge in [0.05, 0.1) is 17.7 Å². The van der Waals surface area contributed by atoms with Crippen molar-refractivity contribution in [2.45, 2.75) is 31.1 Å². The van der Waals surface area contributed by atoms with Crippen LogP contribution < -0.4 is 14.2 Å². The number of halogens is 1. The van der Waals surface area contributed by atoms with Crippen LogP contribution in [0.15, 0.2) is 6.07 Å². The zero-order valence-corrected chi connectivity index (χ0v) is 12.5. The summed E-state index contributed by atoms with van der Waals surface area (Å²) >= 11 is 6.26. The monoisotopic (exact) mass is 312 g/mol. The average molecular weight is 313 g/mol.